The molecule has 4 heteroatoms. The minimum Gasteiger partial charge on any atom is -0.494 e. The van der Waals surface area contributed by atoms with Crippen molar-refractivity contribution >= 4 is 18.1 Å². The van der Waals surface area contributed by atoms with Gasteiger partial charge in [0.05, 0.1) is 12.2 Å². The molecule has 0 amide bonds. The summed E-state index contributed by atoms with van der Waals surface area (Å²) in [5.74, 6) is 0.390. The Morgan fingerprint density at radius 2 is 1.56 bits per heavy atom. The number of hydrogen-bond donors (Lipinski definition) is 0. The fourth-order valence-corrected chi connectivity index (χ4v) is 3.93. The number of esters is 1. The Labute approximate surface area is 211 Å². The van der Waals surface area contributed by atoms with Crippen LogP contribution < -0.4 is 9.47 Å². The van der Waals surface area contributed by atoms with Crippen molar-refractivity contribution in [1.29, 1.82) is 0 Å². The van der Waals surface area contributed by atoms with Gasteiger partial charge in [-0.15, -0.1) is 0 Å². The molecule has 0 N–H and O–H groups in total. The topological polar surface area (TPSA) is 35.5 Å². The third-order valence-corrected chi connectivity index (χ3v) is 5.93. The van der Waals surface area contributed by atoms with Crippen LogP contribution in [-0.2, 0) is 6.42 Å². The molecule has 4 aromatic rings. The Kier molecular flexibility index (Phi) is 8.30. The number of halogens is 1. The molecule has 3 nitrogen and oxygen atoms in total. The quantitative estimate of drug-likeness (QED) is 0.138. The van der Waals surface area contributed by atoms with Crippen LogP contribution in [0.5, 0.6) is 11.5 Å². The highest BCUT2D eigenvalue weighted by Crippen LogP contribution is 2.22. The van der Waals surface area contributed by atoms with Crippen LogP contribution >= 0.6 is 0 Å². The van der Waals surface area contributed by atoms with E-state index in [4.69, 9.17) is 9.47 Å². The molecule has 36 heavy (non-hydrogen) atoms. The zero-order valence-electron chi connectivity index (χ0n) is 20.5. The second-order valence-corrected chi connectivity index (χ2v) is 8.62. The molecule has 0 fully saturated rings. The molecule has 0 aromatic heterocycles. The molecule has 0 saturated carbocycles. The fraction of sp³-hybridized carbons (Fsp3) is 0.156. The average molecular weight is 481 g/mol. The molecule has 0 bridgehead atoms. The Morgan fingerprint density at radius 1 is 0.861 bits per heavy atom. The first-order valence-electron chi connectivity index (χ1n) is 12.1. The van der Waals surface area contributed by atoms with E-state index in [1.165, 1.54) is 17.2 Å². The molecule has 0 aliphatic carbocycles. The maximum atomic E-state index is 14.7. The Morgan fingerprint density at radius 3 is 2.22 bits per heavy atom. The van der Waals surface area contributed by atoms with Gasteiger partial charge in [0.15, 0.2) is 0 Å². The lowest BCUT2D eigenvalue weighted by molar-refractivity contribution is 0.0734. The van der Waals surface area contributed by atoms with Crippen molar-refractivity contribution in [3.8, 4) is 11.5 Å². The second kappa shape index (κ2) is 12.0. The van der Waals surface area contributed by atoms with E-state index in [-0.39, 0.29) is 5.56 Å². The lowest BCUT2D eigenvalue weighted by Gasteiger charge is -2.12. The zero-order chi connectivity index (χ0) is 25.3. The van der Waals surface area contributed by atoms with Gasteiger partial charge in [-0.3, -0.25) is 0 Å². The Hall–Kier alpha value is -4.18. The van der Waals surface area contributed by atoms with Gasteiger partial charge in [-0.25, -0.2) is 9.18 Å². The Balaban J connectivity index is 1.36. The van der Waals surface area contributed by atoms with Gasteiger partial charge >= 0.3 is 5.97 Å². The molecule has 0 spiro atoms. The summed E-state index contributed by atoms with van der Waals surface area (Å²) in [5.41, 5.74) is 4.10. The van der Waals surface area contributed by atoms with E-state index in [1.807, 2.05) is 31.2 Å². The molecule has 4 aromatic carbocycles. The van der Waals surface area contributed by atoms with Crippen molar-refractivity contribution in [1.82, 2.24) is 0 Å². The van der Waals surface area contributed by atoms with Gasteiger partial charge in [-0.1, -0.05) is 79.7 Å². The van der Waals surface area contributed by atoms with Crippen LogP contribution in [0, 0.1) is 5.82 Å². The van der Waals surface area contributed by atoms with Gasteiger partial charge in [0.2, 0.25) is 0 Å². The maximum absolute atomic E-state index is 14.7. The highest BCUT2D eigenvalue weighted by atomic mass is 19.1. The van der Waals surface area contributed by atoms with Crippen molar-refractivity contribution in [2.45, 2.75) is 26.2 Å². The first-order valence-corrected chi connectivity index (χ1v) is 12.1. The summed E-state index contributed by atoms with van der Waals surface area (Å²) in [7, 11) is 0. The van der Waals surface area contributed by atoms with E-state index in [0.717, 1.165) is 12.0 Å². The van der Waals surface area contributed by atoms with Gasteiger partial charge in [-0.2, -0.15) is 0 Å². The molecule has 1 atom stereocenters. The number of carbonyl (C=O) groups is 1. The average Bonchev–Trinajstić information content (AvgIpc) is 2.90. The summed E-state index contributed by atoms with van der Waals surface area (Å²) in [6, 6.07) is 29.8. The number of ether oxygens (including phenoxy) is 2. The molecule has 0 radical (unpaired) electrons. The first kappa shape index (κ1) is 24.9. The predicted molar refractivity (Wildman–Crippen MR) is 143 cm³/mol. The smallest absolute Gasteiger partial charge is 0.343 e. The van der Waals surface area contributed by atoms with Crippen molar-refractivity contribution in [2.75, 3.05) is 6.61 Å². The maximum Gasteiger partial charge on any atom is 0.343 e. The predicted octanol–water partition coefficient (Wildman–Crippen LogP) is 7.96. The third-order valence-electron chi connectivity index (χ3n) is 5.93. The van der Waals surface area contributed by atoms with Gasteiger partial charge < -0.3 is 9.47 Å². The first-order chi connectivity index (χ1) is 17.5. The summed E-state index contributed by atoms with van der Waals surface area (Å²) < 4.78 is 25.4. The standard InChI is InChI=1S/C32H29FO3/c1-3-35-29-17-19-30(20-18-29)36-32(34)28-16-15-27(31(33)22-28)14-13-24-9-11-25(12-10-24)21-23(2)26-7-5-4-6-8-26/h4-20,22-23H,3,21H2,1-2H3/t23-/m1/s1. The molecule has 0 saturated heterocycles. The Bertz CT molecular complexity index is 1310. The largest absolute Gasteiger partial charge is 0.494 e. The summed E-state index contributed by atoms with van der Waals surface area (Å²) >= 11 is 0. The molecule has 4 rings (SSSR count). The fourth-order valence-electron chi connectivity index (χ4n) is 3.93. The molecule has 0 heterocycles. The van der Waals surface area contributed by atoms with Crippen molar-refractivity contribution in [3.05, 3.63) is 131 Å². The zero-order valence-corrected chi connectivity index (χ0v) is 20.5. The van der Waals surface area contributed by atoms with Crippen LogP contribution in [0.15, 0.2) is 97.1 Å². The van der Waals surface area contributed by atoms with E-state index in [9.17, 15) is 9.18 Å². The lowest BCUT2D eigenvalue weighted by Crippen LogP contribution is -2.09. The molecule has 0 aliphatic rings. The van der Waals surface area contributed by atoms with Gasteiger partial charge in [0.25, 0.3) is 0 Å². The van der Waals surface area contributed by atoms with Crippen LogP contribution in [-0.4, -0.2) is 12.6 Å². The molecular formula is C32H29FO3. The number of carbonyl (C=O) groups excluding carboxylic acids is 1. The summed E-state index contributed by atoms with van der Waals surface area (Å²) in [5, 5.41) is 0. The van der Waals surface area contributed by atoms with E-state index in [1.54, 1.807) is 42.5 Å². The van der Waals surface area contributed by atoms with Crippen molar-refractivity contribution < 1.29 is 18.7 Å². The molecular weight excluding hydrogens is 451 g/mol. The number of benzene rings is 4. The minimum absolute atomic E-state index is 0.149. The van der Waals surface area contributed by atoms with Crippen molar-refractivity contribution in [3.63, 3.8) is 0 Å². The summed E-state index contributed by atoms with van der Waals surface area (Å²) in [6.45, 7) is 4.67. The summed E-state index contributed by atoms with van der Waals surface area (Å²) in [4.78, 5) is 12.4. The molecule has 0 unspecified atom stereocenters. The highest BCUT2D eigenvalue weighted by molar-refractivity contribution is 5.91. The van der Waals surface area contributed by atoms with E-state index < -0.39 is 11.8 Å². The normalized spacial score (nSPS) is 11.9. The minimum atomic E-state index is -0.617. The van der Waals surface area contributed by atoms with Gasteiger partial charge in [0, 0.05) is 5.56 Å². The molecule has 0 aliphatic heterocycles. The van der Waals surface area contributed by atoms with Crippen LogP contribution in [0.2, 0.25) is 0 Å². The molecule has 182 valence electrons. The van der Waals surface area contributed by atoms with E-state index >= 15 is 0 Å². The third kappa shape index (κ3) is 6.70. The van der Waals surface area contributed by atoms with Crippen LogP contribution in [0.1, 0.15) is 52.4 Å². The van der Waals surface area contributed by atoms with Gasteiger partial charge in [-0.05, 0) is 72.4 Å². The highest BCUT2D eigenvalue weighted by Gasteiger charge is 2.12. The van der Waals surface area contributed by atoms with Crippen molar-refractivity contribution in [2.24, 2.45) is 0 Å². The van der Waals surface area contributed by atoms with E-state index in [2.05, 4.69) is 43.3 Å². The SMILES string of the molecule is CCOc1ccc(OC(=O)c2ccc(C=Cc3ccc(C[C@@H](C)c4ccccc4)cc3)c(F)c2)cc1. The van der Waals surface area contributed by atoms with E-state index in [0.29, 0.717) is 29.6 Å². The monoisotopic (exact) mass is 480 g/mol. The second-order valence-electron chi connectivity index (χ2n) is 8.62. The summed E-state index contributed by atoms with van der Waals surface area (Å²) in [6.07, 6.45) is 4.52. The lowest BCUT2D eigenvalue weighted by atomic mass is 9.93. The number of rotatable bonds is 9. The van der Waals surface area contributed by atoms with Crippen LogP contribution in [0.4, 0.5) is 4.39 Å². The van der Waals surface area contributed by atoms with Crippen LogP contribution in [0.3, 0.4) is 0 Å². The number of hydrogen-bond acceptors (Lipinski definition) is 3. The van der Waals surface area contributed by atoms with Gasteiger partial charge in [0.1, 0.15) is 17.3 Å². The van der Waals surface area contributed by atoms with Crippen LogP contribution in [0.25, 0.3) is 12.2 Å².